The molecular weight excluding hydrogens is 202 g/mol. The van der Waals surface area contributed by atoms with E-state index in [4.69, 9.17) is 4.74 Å². The van der Waals surface area contributed by atoms with Gasteiger partial charge in [-0.15, -0.1) is 0 Å². The van der Waals surface area contributed by atoms with Crippen molar-refractivity contribution in [2.75, 3.05) is 14.1 Å². The van der Waals surface area contributed by atoms with Crippen molar-refractivity contribution in [1.82, 2.24) is 15.1 Å². The van der Waals surface area contributed by atoms with E-state index in [0.717, 1.165) is 22.8 Å². The van der Waals surface area contributed by atoms with E-state index in [0.29, 0.717) is 5.88 Å². The Hall–Kier alpha value is -1.17. The summed E-state index contributed by atoms with van der Waals surface area (Å²) in [5, 5.41) is 6.80. The van der Waals surface area contributed by atoms with Gasteiger partial charge in [0, 0.05) is 31.2 Å². The summed E-state index contributed by atoms with van der Waals surface area (Å²) in [6.07, 6.45) is -0.381. The van der Waals surface area contributed by atoms with Crippen LogP contribution in [0.15, 0.2) is 0 Å². The third-order valence-corrected chi connectivity index (χ3v) is 2.92. The number of aromatic nitrogens is 2. The monoisotopic (exact) mass is 213 g/mol. The average Bonchev–Trinajstić information content (AvgIpc) is 2.69. The van der Waals surface area contributed by atoms with Crippen LogP contribution in [-0.4, -0.2) is 35.3 Å². The van der Waals surface area contributed by atoms with Gasteiger partial charge in [-0.25, -0.2) is 9.89 Å². The number of carbonyl (C=O) groups excluding carboxylic acids is 1. The number of hydrogen-bond acceptors (Lipinski definition) is 4. The highest BCUT2D eigenvalue weighted by atomic mass is 32.2. The molecule has 1 aliphatic heterocycles. The highest BCUT2D eigenvalue weighted by Crippen LogP contribution is 2.34. The Morgan fingerprint density at radius 1 is 1.57 bits per heavy atom. The number of nitrogens with zero attached hydrogens (tertiary/aromatic N) is 2. The molecule has 6 heteroatoms. The molecule has 1 amide bonds. The Morgan fingerprint density at radius 2 is 2.36 bits per heavy atom. The van der Waals surface area contributed by atoms with Crippen molar-refractivity contribution in [2.45, 2.75) is 11.5 Å². The molecule has 1 aromatic rings. The van der Waals surface area contributed by atoms with E-state index in [-0.39, 0.29) is 6.09 Å². The van der Waals surface area contributed by atoms with Crippen LogP contribution < -0.4 is 4.74 Å². The summed E-state index contributed by atoms with van der Waals surface area (Å²) >= 11 is 1.77. The molecule has 0 atom stereocenters. The maximum atomic E-state index is 11.3. The van der Waals surface area contributed by atoms with Crippen molar-refractivity contribution >= 4 is 17.9 Å². The number of rotatable bonds is 1. The molecule has 76 valence electrons. The van der Waals surface area contributed by atoms with Gasteiger partial charge in [-0.05, 0) is 0 Å². The lowest BCUT2D eigenvalue weighted by Crippen LogP contribution is -2.25. The molecule has 0 bridgehead atoms. The van der Waals surface area contributed by atoms with Crippen LogP contribution in [0, 0.1) is 0 Å². The first-order valence-corrected chi connectivity index (χ1v) is 5.37. The molecule has 2 rings (SSSR count). The fourth-order valence-corrected chi connectivity index (χ4v) is 2.20. The Morgan fingerprint density at radius 3 is 3.07 bits per heavy atom. The van der Waals surface area contributed by atoms with Crippen LogP contribution in [0.1, 0.15) is 11.3 Å². The lowest BCUT2D eigenvalue weighted by molar-refractivity contribution is 0.169. The predicted molar refractivity (Wildman–Crippen MR) is 53.3 cm³/mol. The standard InChI is InChI=1S/C8H11N3O2S/c1-11(2)8(12)13-7-5-3-14-4-6(5)9-10-7/h3-4H2,1-2H3,(H,9,10). The van der Waals surface area contributed by atoms with Gasteiger partial charge in [0.1, 0.15) is 0 Å². The predicted octanol–water partition coefficient (Wildman–Crippen LogP) is 1.22. The highest BCUT2D eigenvalue weighted by Gasteiger charge is 2.22. The second-order valence-electron chi connectivity index (χ2n) is 3.23. The van der Waals surface area contributed by atoms with E-state index in [9.17, 15) is 4.79 Å². The molecule has 0 fully saturated rings. The summed E-state index contributed by atoms with van der Waals surface area (Å²) in [6.45, 7) is 0. The first-order valence-electron chi connectivity index (χ1n) is 4.21. The molecule has 5 nitrogen and oxygen atoms in total. The first kappa shape index (κ1) is 9.39. The number of aromatic amines is 1. The van der Waals surface area contributed by atoms with Gasteiger partial charge in [-0.1, -0.05) is 0 Å². The van der Waals surface area contributed by atoms with Crippen LogP contribution in [0.5, 0.6) is 5.88 Å². The van der Waals surface area contributed by atoms with Gasteiger partial charge in [0.2, 0.25) is 5.88 Å². The van der Waals surface area contributed by atoms with Crippen LogP contribution in [0.3, 0.4) is 0 Å². The summed E-state index contributed by atoms with van der Waals surface area (Å²) in [6, 6.07) is 0. The molecule has 0 spiro atoms. The summed E-state index contributed by atoms with van der Waals surface area (Å²) < 4.78 is 5.11. The molecule has 0 saturated heterocycles. The van der Waals surface area contributed by atoms with E-state index >= 15 is 0 Å². The van der Waals surface area contributed by atoms with Crippen LogP contribution in [-0.2, 0) is 11.5 Å². The van der Waals surface area contributed by atoms with Crippen LogP contribution in [0.25, 0.3) is 0 Å². The minimum atomic E-state index is -0.381. The van der Waals surface area contributed by atoms with E-state index < -0.39 is 0 Å². The third kappa shape index (κ3) is 1.57. The van der Waals surface area contributed by atoms with Crippen molar-refractivity contribution in [3.63, 3.8) is 0 Å². The zero-order valence-corrected chi connectivity index (χ0v) is 8.85. The molecule has 2 heterocycles. The molecule has 1 aromatic heterocycles. The van der Waals surface area contributed by atoms with Gasteiger partial charge in [-0.3, -0.25) is 0 Å². The smallest absolute Gasteiger partial charge is 0.391 e. The van der Waals surface area contributed by atoms with Crippen LogP contribution >= 0.6 is 11.8 Å². The third-order valence-electron chi connectivity index (χ3n) is 1.95. The van der Waals surface area contributed by atoms with Crippen LogP contribution in [0.2, 0.25) is 0 Å². The maximum Gasteiger partial charge on any atom is 0.416 e. The van der Waals surface area contributed by atoms with E-state index in [1.807, 2.05) is 0 Å². The quantitative estimate of drug-likeness (QED) is 0.762. The fraction of sp³-hybridized carbons (Fsp3) is 0.500. The molecule has 0 aromatic carbocycles. The van der Waals surface area contributed by atoms with Crippen LogP contribution in [0.4, 0.5) is 4.79 Å². The SMILES string of the molecule is CN(C)C(=O)Oc1[nH]nc2c1CSC2. The molecular formula is C8H11N3O2S. The minimum absolute atomic E-state index is 0.381. The van der Waals surface area contributed by atoms with Crippen molar-refractivity contribution < 1.29 is 9.53 Å². The number of fused-ring (bicyclic) bond motifs is 1. The number of H-pyrrole nitrogens is 1. The molecule has 0 unspecified atom stereocenters. The lowest BCUT2D eigenvalue weighted by atomic mass is 10.3. The molecule has 0 aliphatic carbocycles. The Bertz CT molecular complexity index is 361. The molecule has 14 heavy (non-hydrogen) atoms. The summed E-state index contributed by atoms with van der Waals surface area (Å²) in [4.78, 5) is 12.6. The maximum absolute atomic E-state index is 11.3. The number of amides is 1. The minimum Gasteiger partial charge on any atom is -0.391 e. The average molecular weight is 213 g/mol. The van der Waals surface area contributed by atoms with E-state index in [2.05, 4.69) is 10.2 Å². The van der Waals surface area contributed by atoms with Gasteiger partial charge in [-0.2, -0.15) is 16.9 Å². The molecule has 1 N–H and O–H groups in total. The molecule has 1 aliphatic rings. The van der Waals surface area contributed by atoms with Crippen molar-refractivity contribution in [1.29, 1.82) is 0 Å². The topological polar surface area (TPSA) is 58.2 Å². The van der Waals surface area contributed by atoms with Gasteiger partial charge < -0.3 is 9.64 Å². The van der Waals surface area contributed by atoms with Gasteiger partial charge in [0.25, 0.3) is 0 Å². The molecule has 0 saturated carbocycles. The number of nitrogens with one attached hydrogen (secondary N) is 1. The summed E-state index contributed by atoms with van der Waals surface area (Å²) in [5.74, 6) is 2.25. The van der Waals surface area contributed by atoms with Crippen molar-refractivity contribution in [2.24, 2.45) is 0 Å². The summed E-state index contributed by atoms with van der Waals surface area (Å²) in [7, 11) is 3.29. The number of ether oxygens (including phenoxy) is 1. The van der Waals surface area contributed by atoms with Crippen molar-refractivity contribution in [3.8, 4) is 5.88 Å². The number of thioether (sulfide) groups is 1. The van der Waals surface area contributed by atoms with E-state index in [1.54, 1.807) is 25.9 Å². The molecule has 0 radical (unpaired) electrons. The van der Waals surface area contributed by atoms with Gasteiger partial charge >= 0.3 is 6.09 Å². The van der Waals surface area contributed by atoms with E-state index in [1.165, 1.54) is 4.90 Å². The summed E-state index contributed by atoms with van der Waals surface area (Å²) in [5.41, 5.74) is 2.02. The Balaban J connectivity index is 2.14. The van der Waals surface area contributed by atoms with Gasteiger partial charge in [0.05, 0.1) is 5.69 Å². The lowest BCUT2D eigenvalue weighted by Gasteiger charge is -2.09. The Labute approximate surface area is 85.8 Å². The van der Waals surface area contributed by atoms with Crippen molar-refractivity contribution in [3.05, 3.63) is 11.3 Å². The highest BCUT2D eigenvalue weighted by molar-refractivity contribution is 7.98. The largest absolute Gasteiger partial charge is 0.416 e. The normalized spacial score (nSPS) is 13.9. The number of hydrogen-bond donors (Lipinski definition) is 1. The second-order valence-corrected chi connectivity index (χ2v) is 4.22. The zero-order valence-electron chi connectivity index (χ0n) is 8.03. The van der Waals surface area contributed by atoms with Gasteiger partial charge in [0.15, 0.2) is 0 Å². The zero-order chi connectivity index (χ0) is 10.1. The second kappa shape index (κ2) is 3.53. The fourth-order valence-electron chi connectivity index (χ4n) is 1.17. The Kier molecular flexibility index (Phi) is 2.37. The first-order chi connectivity index (χ1) is 6.68. The number of carbonyl (C=O) groups is 1.